The van der Waals surface area contributed by atoms with Crippen LogP contribution in [0.3, 0.4) is 0 Å². The molecular weight excluding hydrogens is 352 g/mol. The lowest BCUT2D eigenvalue weighted by Crippen LogP contribution is -2.44. The fourth-order valence-electron chi connectivity index (χ4n) is 1.71. The average Bonchev–Trinajstić information content (AvgIpc) is 2.91. The highest BCUT2D eigenvalue weighted by molar-refractivity contribution is 9.10. The van der Waals surface area contributed by atoms with Gasteiger partial charge in [0, 0.05) is 20.3 Å². The lowest BCUT2D eigenvalue weighted by atomic mass is 10.2. The SMILES string of the molecule is CC(NC(=O)c1ccccc1)C(=O)NCc1cc(Br)cs1. The zero-order chi connectivity index (χ0) is 15.2. The van der Waals surface area contributed by atoms with Crippen molar-refractivity contribution in [2.24, 2.45) is 0 Å². The molecule has 0 bridgehead atoms. The third-order valence-electron chi connectivity index (χ3n) is 2.84. The van der Waals surface area contributed by atoms with Crippen molar-refractivity contribution < 1.29 is 9.59 Å². The van der Waals surface area contributed by atoms with Crippen LogP contribution < -0.4 is 10.6 Å². The zero-order valence-corrected chi connectivity index (χ0v) is 13.8. The molecule has 0 aliphatic heterocycles. The molecule has 0 fully saturated rings. The molecule has 1 atom stereocenters. The Balaban J connectivity index is 1.83. The summed E-state index contributed by atoms with van der Waals surface area (Å²) in [5.41, 5.74) is 0.541. The van der Waals surface area contributed by atoms with Gasteiger partial charge >= 0.3 is 0 Å². The second-order valence-electron chi connectivity index (χ2n) is 4.51. The van der Waals surface area contributed by atoms with Crippen molar-refractivity contribution in [1.82, 2.24) is 10.6 Å². The van der Waals surface area contributed by atoms with E-state index in [9.17, 15) is 9.59 Å². The molecule has 0 saturated carbocycles. The molecule has 0 radical (unpaired) electrons. The normalized spacial score (nSPS) is 11.7. The largest absolute Gasteiger partial charge is 0.349 e. The Hall–Kier alpha value is -1.66. The molecule has 0 saturated heterocycles. The first-order valence-electron chi connectivity index (χ1n) is 6.43. The molecule has 1 unspecified atom stereocenters. The number of benzene rings is 1. The minimum absolute atomic E-state index is 0.205. The van der Waals surface area contributed by atoms with E-state index in [-0.39, 0.29) is 11.8 Å². The Bertz CT molecular complexity index is 628. The minimum Gasteiger partial charge on any atom is -0.349 e. The van der Waals surface area contributed by atoms with Crippen molar-refractivity contribution in [3.63, 3.8) is 0 Å². The van der Waals surface area contributed by atoms with Crippen LogP contribution in [-0.4, -0.2) is 17.9 Å². The van der Waals surface area contributed by atoms with E-state index in [2.05, 4.69) is 26.6 Å². The van der Waals surface area contributed by atoms with Gasteiger partial charge in [-0.25, -0.2) is 0 Å². The van der Waals surface area contributed by atoms with Crippen LogP contribution in [0.5, 0.6) is 0 Å². The first kappa shape index (κ1) is 15.7. The van der Waals surface area contributed by atoms with Crippen molar-refractivity contribution in [3.05, 3.63) is 56.7 Å². The van der Waals surface area contributed by atoms with Gasteiger partial charge in [0.1, 0.15) is 6.04 Å². The van der Waals surface area contributed by atoms with Crippen molar-refractivity contribution in [1.29, 1.82) is 0 Å². The summed E-state index contributed by atoms with van der Waals surface area (Å²) < 4.78 is 1.00. The van der Waals surface area contributed by atoms with Crippen LogP contribution in [0.15, 0.2) is 46.3 Å². The van der Waals surface area contributed by atoms with Crippen LogP contribution >= 0.6 is 27.3 Å². The van der Waals surface area contributed by atoms with Crippen LogP contribution in [0.25, 0.3) is 0 Å². The summed E-state index contributed by atoms with van der Waals surface area (Å²) in [6.45, 7) is 2.13. The van der Waals surface area contributed by atoms with E-state index >= 15 is 0 Å². The van der Waals surface area contributed by atoms with E-state index in [4.69, 9.17) is 0 Å². The standard InChI is InChI=1S/C15H15BrN2O2S/c1-10(18-15(20)11-5-3-2-4-6-11)14(19)17-8-13-7-12(16)9-21-13/h2-7,9-10H,8H2,1H3,(H,17,19)(H,18,20). The number of halogens is 1. The number of carbonyl (C=O) groups is 2. The summed E-state index contributed by atoms with van der Waals surface area (Å²) in [6, 6.07) is 10.2. The van der Waals surface area contributed by atoms with Gasteiger partial charge in [-0.05, 0) is 41.1 Å². The summed E-state index contributed by atoms with van der Waals surface area (Å²) in [5.74, 6) is -0.457. The van der Waals surface area contributed by atoms with Crippen molar-refractivity contribution in [2.75, 3.05) is 0 Å². The van der Waals surface area contributed by atoms with E-state index in [0.29, 0.717) is 12.1 Å². The Morgan fingerprint density at radius 2 is 2.00 bits per heavy atom. The topological polar surface area (TPSA) is 58.2 Å². The minimum atomic E-state index is -0.582. The number of hydrogen-bond donors (Lipinski definition) is 2. The lowest BCUT2D eigenvalue weighted by molar-refractivity contribution is -0.122. The molecular formula is C15H15BrN2O2S. The molecule has 1 heterocycles. The molecule has 2 aromatic rings. The Morgan fingerprint density at radius 3 is 2.62 bits per heavy atom. The molecule has 2 N–H and O–H groups in total. The molecule has 2 rings (SSSR count). The monoisotopic (exact) mass is 366 g/mol. The van der Waals surface area contributed by atoms with Crippen molar-refractivity contribution in [3.8, 4) is 0 Å². The van der Waals surface area contributed by atoms with Gasteiger partial charge in [-0.15, -0.1) is 11.3 Å². The van der Waals surface area contributed by atoms with Gasteiger partial charge in [-0.1, -0.05) is 18.2 Å². The number of nitrogens with one attached hydrogen (secondary N) is 2. The van der Waals surface area contributed by atoms with Crippen LogP contribution in [0.4, 0.5) is 0 Å². The van der Waals surface area contributed by atoms with Gasteiger partial charge in [-0.2, -0.15) is 0 Å². The number of thiophene rings is 1. The van der Waals surface area contributed by atoms with Gasteiger partial charge in [-0.3, -0.25) is 9.59 Å². The van der Waals surface area contributed by atoms with E-state index in [1.54, 1.807) is 42.5 Å². The highest BCUT2D eigenvalue weighted by atomic mass is 79.9. The lowest BCUT2D eigenvalue weighted by Gasteiger charge is -2.13. The smallest absolute Gasteiger partial charge is 0.251 e. The summed E-state index contributed by atoms with van der Waals surface area (Å²) in [6.07, 6.45) is 0. The first-order chi connectivity index (χ1) is 10.1. The fourth-order valence-corrected chi connectivity index (χ4v) is 3.10. The maximum Gasteiger partial charge on any atom is 0.251 e. The first-order valence-corrected chi connectivity index (χ1v) is 8.10. The summed E-state index contributed by atoms with van der Waals surface area (Å²) >= 11 is 4.93. The van der Waals surface area contributed by atoms with Gasteiger partial charge in [0.25, 0.3) is 5.91 Å². The van der Waals surface area contributed by atoms with Crippen molar-refractivity contribution in [2.45, 2.75) is 19.5 Å². The predicted octanol–water partition coefficient (Wildman–Crippen LogP) is 2.95. The van der Waals surface area contributed by atoms with E-state index in [1.807, 2.05) is 17.5 Å². The second kappa shape index (κ2) is 7.38. The van der Waals surface area contributed by atoms with Gasteiger partial charge in [0.2, 0.25) is 5.91 Å². The number of carbonyl (C=O) groups excluding carboxylic acids is 2. The Kier molecular flexibility index (Phi) is 5.52. The van der Waals surface area contributed by atoms with Crippen LogP contribution in [-0.2, 0) is 11.3 Å². The molecule has 0 aliphatic carbocycles. The van der Waals surface area contributed by atoms with Crippen LogP contribution in [0, 0.1) is 0 Å². The van der Waals surface area contributed by atoms with Crippen LogP contribution in [0.2, 0.25) is 0 Å². The van der Waals surface area contributed by atoms with E-state index in [1.165, 1.54) is 0 Å². The van der Waals surface area contributed by atoms with Gasteiger partial charge in [0.15, 0.2) is 0 Å². The summed E-state index contributed by atoms with van der Waals surface area (Å²) in [7, 11) is 0. The summed E-state index contributed by atoms with van der Waals surface area (Å²) in [4.78, 5) is 25.0. The maximum atomic E-state index is 12.0. The summed E-state index contributed by atoms with van der Waals surface area (Å²) in [5, 5.41) is 7.45. The molecule has 4 nitrogen and oxygen atoms in total. The predicted molar refractivity (Wildman–Crippen MR) is 87.2 cm³/mol. The van der Waals surface area contributed by atoms with E-state index < -0.39 is 6.04 Å². The molecule has 1 aromatic carbocycles. The molecule has 21 heavy (non-hydrogen) atoms. The highest BCUT2D eigenvalue weighted by Crippen LogP contribution is 2.19. The number of amides is 2. The molecule has 0 spiro atoms. The fraction of sp³-hybridized carbons (Fsp3) is 0.200. The molecule has 110 valence electrons. The average molecular weight is 367 g/mol. The maximum absolute atomic E-state index is 12.0. The molecule has 0 aliphatic rings. The highest BCUT2D eigenvalue weighted by Gasteiger charge is 2.16. The van der Waals surface area contributed by atoms with Crippen LogP contribution in [0.1, 0.15) is 22.2 Å². The third kappa shape index (κ3) is 4.68. The molecule has 1 aromatic heterocycles. The zero-order valence-electron chi connectivity index (χ0n) is 11.4. The Labute approximate surface area is 135 Å². The third-order valence-corrected chi connectivity index (χ3v) is 4.53. The van der Waals surface area contributed by atoms with Crippen molar-refractivity contribution >= 4 is 39.1 Å². The second-order valence-corrected chi connectivity index (χ2v) is 6.42. The van der Waals surface area contributed by atoms with Gasteiger partial charge < -0.3 is 10.6 Å². The van der Waals surface area contributed by atoms with Gasteiger partial charge in [0.05, 0.1) is 6.54 Å². The number of hydrogen-bond acceptors (Lipinski definition) is 3. The molecule has 2 amide bonds. The quantitative estimate of drug-likeness (QED) is 0.854. The van der Waals surface area contributed by atoms with E-state index in [0.717, 1.165) is 9.35 Å². The Morgan fingerprint density at radius 1 is 1.29 bits per heavy atom. The molecule has 6 heteroatoms. The number of rotatable bonds is 5.